The number of piperazine rings is 1. The quantitative estimate of drug-likeness (QED) is 0.691. The highest BCUT2D eigenvalue weighted by atomic mass is 35.5. The number of amides is 2. The predicted molar refractivity (Wildman–Crippen MR) is 125 cm³/mol. The first kappa shape index (κ1) is 22.9. The van der Waals surface area contributed by atoms with Crippen molar-refractivity contribution in [2.75, 3.05) is 20.1 Å². The molecule has 2 amide bonds. The van der Waals surface area contributed by atoms with E-state index in [4.69, 9.17) is 11.6 Å². The first-order valence-electron chi connectivity index (χ1n) is 11.0. The van der Waals surface area contributed by atoms with Crippen molar-refractivity contribution in [2.45, 2.75) is 50.9 Å². The summed E-state index contributed by atoms with van der Waals surface area (Å²) < 4.78 is 0. The second-order valence-corrected chi connectivity index (χ2v) is 9.87. The number of β-amino-alcohol motifs (C(OH)–C–C–N with tert-alkyl or cyclic N) is 1. The largest absolute Gasteiger partial charge is 0.377 e. The molecule has 0 spiro atoms. The van der Waals surface area contributed by atoms with Crippen LogP contribution in [0.3, 0.4) is 0 Å². The minimum atomic E-state index is -0.493. The smallest absolute Gasteiger partial charge is 0.234 e. The molecule has 2 fully saturated rings. The summed E-state index contributed by atoms with van der Waals surface area (Å²) in [5, 5.41) is 13.5. The number of halogens is 1. The highest BCUT2D eigenvalue weighted by molar-refractivity contribution is 6.34. The third kappa shape index (κ3) is 4.59. The minimum Gasteiger partial charge on any atom is -0.377 e. The number of carbonyl (C=O) groups excluding carboxylic acids is 2. The first-order chi connectivity index (χ1) is 15.2. The standard InChI is InChI=1S/C25H30ClN3O3/c1-25(2)15-29(22(31)14-28(25)3)13-16-7-9-17(10-8-16)18-5-4-6-19(23(18)26)20-11-12-21(30)27-24(20)32/h4-10,20,22,31H,11-15H2,1-3H3,(H,27,30,32). The number of aliphatic hydroxyl groups is 1. The molecule has 2 aliphatic heterocycles. The number of piperidine rings is 1. The number of imide groups is 1. The Morgan fingerprint density at radius 2 is 1.88 bits per heavy atom. The van der Waals surface area contributed by atoms with Gasteiger partial charge in [-0.2, -0.15) is 0 Å². The number of benzene rings is 2. The minimum absolute atomic E-state index is 0.00313. The van der Waals surface area contributed by atoms with E-state index in [-0.39, 0.29) is 17.4 Å². The monoisotopic (exact) mass is 455 g/mol. The van der Waals surface area contributed by atoms with Crippen LogP contribution in [0.2, 0.25) is 5.02 Å². The molecule has 170 valence electrons. The molecule has 7 heteroatoms. The Labute approximate surface area is 194 Å². The van der Waals surface area contributed by atoms with E-state index in [0.717, 1.165) is 28.8 Å². The molecule has 0 aromatic heterocycles. The number of nitrogens with zero attached hydrogens (tertiary/aromatic N) is 2. The van der Waals surface area contributed by atoms with Crippen molar-refractivity contribution in [3.63, 3.8) is 0 Å². The highest BCUT2D eigenvalue weighted by Gasteiger charge is 2.36. The van der Waals surface area contributed by atoms with Crippen LogP contribution in [0.15, 0.2) is 42.5 Å². The van der Waals surface area contributed by atoms with Crippen molar-refractivity contribution in [3.05, 3.63) is 58.6 Å². The summed E-state index contributed by atoms with van der Waals surface area (Å²) in [6.07, 6.45) is 0.296. The van der Waals surface area contributed by atoms with Crippen LogP contribution in [-0.4, -0.2) is 58.6 Å². The number of likely N-dealkylation sites (N-methyl/N-ethyl adjacent to an activating group) is 1. The van der Waals surface area contributed by atoms with Gasteiger partial charge in [0.05, 0.1) is 10.9 Å². The molecule has 2 heterocycles. The maximum absolute atomic E-state index is 12.3. The predicted octanol–water partition coefficient (Wildman–Crippen LogP) is 3.37. The van der Waals surface area contributed by atoms with Crippen molar-refractivity contribution >= 4 is 23.4 Å². The fourth-order valence-corrected chi connectivity index (χ4v) is 4.92. The average molecular weight is 456 g/mol. The lowest BCUT2D eigenvalue weighted by Crippen LogP contribution is -2.61. The van der Waals surface area contributed by atoms with E-state index in [2.05, 4.69) is 41.1 Å². The molecule has 0 radical (unpaired) electrons. The topological polar surface area (TPSA) is 72.9 Å². The van der Waals surface area contributed by atoms with Gasteiger partial charge in [-0.15, -0.1) is 0 Å². The van der Waals surface area contributed by atoms with Crippen LogP contribution in [0.4, 0.5) is 0 Å². The fourth-order valence-electron chi connectivity index (χ4n) is 4.55. The zero-order chi connectivity index (χ0) is 23.0. The lowest BCUT2D eigenvalue weighted by molar-refractivity contribution is -0.134. The molecular formula is C25H30ClN3O3. The Balaban J connectivity index is 1.52. The van der Waals surface area contributed by atoms with Gasteiger partial charge in [-0.25, -0.2) is 0 Å². The van der Waals surface area contributed by atoms with Gasteiger partial charge >= 0.3 is 0 Å². The van der Waals surface area contributed by atoms with Gasteiger partial charge in [0.15, 0.2) is 0 Å². The van der Waals surface area contributed by atoms with Gasteiger partial charge in [-0.1, -0.05) is 54.1 Å². The van der Waals surface area contributed by atoms with Crippen LogP contribution in [0.25, 0.3) is 11.1 Å². The summed E-state index contributed by atoms with van der Waals surface area (Å²) in [6.45, 7) is 6.45. The number of hydrogen-bond acceptors (Lipinski definition) is 5. The van der Waals surface area contributed by atoms with Crippen LogP contribution in [-0.2, 0) is 16.1 Å². The molecule has 2 atom stereocenters. The molecule has 0 aliphatic carbocycles. The molecule has 32 heavy (non-hydrogen) atoms. The normalized spacial score (nSPS) is 24.4. The van der Waals surface area contributed by atoms with Crippen molar-refractivity contribution in [2.24, 2.45) is 0 Å². The lowest BCUT2D eigenvalue weighted by atomic mass is 9.88. The fraction of sp³-hybridized carbons (Fsp3) is 0.440. The van der Waals surface area contributed by atoms with Gasteiger partial charge in [0.1, 0.15) is 6.23 Å². The molecule has 2 N–H and O–H groups in total. The van der Waals surface area contributed by atoms with Crippen molar-refractivity contribution < 1.29 is 14.7 Å². The molecule has 2 aliphatic rings. The summed E-state index contributed by atoms with van der Waals surface area (Å²) in [7, 11) is 2.04. The molecule has 2 unspecified atom stereocenters. The van der Waals surface area contributed by atoms with E-state index in [1.807, 2.05) is 37.4 Å². The molecule has 0 bridgehead atoms. The van der Waals surface area contributed by atoms with Crippen LogP contribution in [0.5, 0.6) is 0 Å². The average Bonchev–Trinajstić information content (AvgIpc) is 2.73. The highest BCUT2D eigenvalue weighted by Crippen LogP contribution is 2.37. The SMILES string of the molecule is CN1CC(O)N(Cc2ccc(-c3cccc(C4CCC(=O)NC4=O)c3Cl)cc2)CC1(C)C. The Morgan fingerprint density at radius 3 is 2.56 bits per heavy atom. The number of carbonyl (C=O) groups is 2. The molecule has 6 nitrogen and oxygen atoms in total. The van der Waals surface area contributed by atoms with E-state index in [1.54, 1.807) is 0 Å². The van der Waals surface area contributed by atoms with Gasteiger partial charge < -0.3 is 5.11 Å². The van der Waals surface area contributed by atoms with E-state index in [0.29, 0.717) is 31.0 Å². The molecule has 2 saturated heterocycles. The van der Waals surface area contributed by atoms with Gasteiger partial charge in [0.25, 0.3) is 0 Å². The van der Waals surface area contributed by atoms with E-state index < -0.39 is 12.1 Å². The van der Waals surface area contributed by atoms with Crippen LogP contribution in [0.1, 0.15) is 43.7 Å². The summed E-state index contributed by atoms with van der Waals surface area (Å²) in [5.74, 6) is -0.936. The van der Waals surface area contributed by atoms with E-state index in [9.17, 15) is 14.7 Å². The summed E-state index contributed by atoms with van der Waals surface area (Å²) in [6, 6.07) is 13.9. The lowest BCUT2D eigenvalue weighted by Gasteiger charge is -2.48. The maximum atomic E-state index is 12.3. The zero-order valence-corrected chi connectivity index (χ0v) is 19.5. The van der Waals surface area contributed by atoms with Gasteiger partial charge in [-0.3, -0.25) is 24.7 Å². The summed E-state index contributed by atoms with van der Waals surface area (Å²) in [5.41, 5.74) is 3.70. The Bertz CT molecular complexity index is 1020. The number of nitrogens with one attached hydrogen (secondary N) is 1. The van der Waals surface area contributed by atoms with Crippen LogP contribution < -0.4 is 5.32 Å². The first-order valence-corrected chi connectivity index (χ1v) is 11.4. The molecule has 4 rings (SSSR count). The number of rotatable bonds is 4. The molecule has 2 aromatic rings. The van der Waals surface area contributed by atoms with Gasteiger partial charge in [-0.05, 0) is 44.0 Å². The second kappa shape index (κ2) is 8.94. The Hall–Kier alpha value is -2.25. The molecular weight excluding hydrogens is 426 g/mol. The van der Waals surface area contributed by atoms with E-state index in [1.165, 1.54) is 0 Å². The molecule has 0 saturated carbocycles. The summed E-state index contributed by atoms with van der Waals surface area (Å²) in [4.78, 5) is 28.1. The van der Waals surface area contributed by atoms with Crippen LogP contribution in [0, 0.1) is 0 Å². The Morgan fingerprint density at radius 1 is 1.16 bits per heavy atom. The third-order valence-electron chi connectivity index (χ3n) is 6.78. The third-order valence-corrected chi connectivity index (χ3v) is 7.20. The van der Waals surface area contributed by atoms with Crippen molar-refractivity contribution in [1.29, 1.82) is 0 Å². The number of hydrogen-bond donors (Lipinski definition) is 2. The van der Waals surface area contributed by atoms with Crippen molar-refractivity contribution in [1.82, 2.24) is 15.1 Å². The van der Waals surface area contributed by atoms with E-state index >= 15 is 0 Å². The van der Waals surface area contributed by atoms with Crippen molar-refractivity contribution in [3.8, 4) is 11.1 Å². The Kier molecular flexibility index (Phi) is 6.41. The van der Waals surface area contributed by atoms with Gasteiger partial charge in [0.2, 0.25) is 11.8 Å². The van der Waals surface area contributed by atoms with Crippen LogP contribution >= 0.6 is 11.6 Å². The van der Waals surface area contributed by atoms with Gasteiger partial charge in [0, 0.05) is 37.2 Å². The number of aliphatic hydroxyl groups excluding tert-OH is 1. The summed E-state index contributed by atoms with van der Waals surface area (Å²) >= 11 is 6.73. The second-order valence-electron chi connectivity index (χ2n) is 9.49. The maximum Gasteiger partial charge on any atom is 0.234 e. The molecule has 2 aromatic carbocycles. The zero-order valence-electron chi connectivity index (χ0n) is 18.8.